The molecule has 3 nitrogen and oxygen atoms in total. The first-order valence-corrected chi connectivity index (χ1v) is 6.48. The van der Waals surface area contributed by atoms with E-state index in [1.807, 2.05) is 0 Å². The quantitative estimate of drug-likeness (QED) is 0.687. The van der Waals surface area contributed by atoms with Gasteiger partial charge < -0.3 is 10.6 Å². The predicted molar refractivity (Wildman–Crippen MR) is 72.7 cm³/mol. The van der Waals surface area contributed by atoms with Gasteiger partial charge in [-0.1, -0.05) is 20.8 Å². The zero-order chi connectivity index (χ0) is 12.8. The lowest BCUT2D eigenvalue weighted by Crippen LogP contribution is -2.56. The van der Waals surface area contributed by atoms with Crippen molar-refractivity contribution < 1.29 is 0 Å². The van der Waals surface area contributed by atoms with Crippen LogP contribution in [0.25, 0.3) is 0 Å². The van der Waals surface area contributed by atoms with Crippen molar-refractivity contribution in [2.45, 2.75) is 39.7 Å². The molecule has 0 amide bonds. The molecule has 16 heavy (non-hydrogen) atoms. The van der Waals surface area contributed by atoms with Crippen LogP contribution in [0.5, 0.6) is 0 Å². The summed E-state index contributed by atoms with van der Waals surface area (Å²) in [5.41, 5.74) is 6.12. The van der Waals surface area contributed by atoms with Gasteiger partial charge in [0, 0.05) is 25.2 Å². The van der Waals surface area contributed by atoms with Crippen LogP contribution in [0.4, 0.5) is 0 Å². The van der Waals surface area contributed by atoms with Crippen LogP contribution in [0, 0.1) is 5.92 Å². The third-order valence-corrected chi connectivity index (χ3v) is 3.69. The van der Waals surface area contributed by atoms with E-state index in [1.54, 1.807) is 0 Å². The fourth-order valence-corrected chi connectivity index (χ4v) is 1.94. The van der Waals surface area contributed by atoms with E-state index in [4.69, 9.17) is 5.73 Å². The molecule has 0 saturated heterocycles. The molecule has 0 aliphatic heterocycles. The summed E-state index contributed by atoms with van der Waals surface area (Å²) in [6.45, 7) is 13.1. The molecule has 0 bridgehead atoms. The summed E-state index contributed by atoms with van der Waals surface area (Å²) in [6.07, 6.45) is 1.19. The molecular weight excluding hydrogens is 198 g/mol. The van der Waals surface area contributed by atoms with E-state index in [2.05, 4.69) is 51.6 Å². The van der Waals surface area contributed by atoms with Gasteiger partial charge in [0.25, 0.3) is 0 Å². The van der Waals surface area contributed by atoms with E-state index in [-0.39, 0.29) is 5.54 Å². The Balaban J connectivity index is 4.58. The average Bonchev–Trinajstić information content (AvgIpc) is 2.22. The molecule has 0 aliphatic rings. The van der Waals surface area contributed by atoms with E-state index in [1.165, 1.54) is 6.42 Å². The van der Waals surface area contributed by atoms with Gasteiger partial charge in [-0.3, -0.25) is 4.90 Å². The lowest BCUT2D eigenvalue weighted by Gasteiger charge is -2.44. The minimum absolute atomic E-state index is 0.131. The molecule has 2 N–H and O–H groups in total. The van der Waals surface area contributed by atoms with Gasteiger partial charge in [-0.25, -0.2) is 0 Å². The molecule has 0 heterocycles. The molecule has 0 spiro atoms. The molecule has 98 valence electrons. The summed E-state index contributed by atoms with van der Waals surface area (Å²) in [5.74, 6) is 0.589. The van der Waals surface area contributed by atoms with Crippen LogP contribution in [-0.2, 0) is 0 Å². The topological polar surface area (TPSA) is 32.5 Å². The average molecular weight is 229 g/mol. The van der Waals surface area contributed by atoms with Crippen molar-refractivity contribution in [2.24, 2.45) is 11.7 Å². The number of hydrogen-bond donors (Lipinski definition) is 1. The van der Waals surface area contributed by atoms with Gasteiger partial charge in [-0.05, 0) is 39.9 Å². The smallest absolute Gasteiger partial charge is 0.0326 e. The van der Waals surface area contributed by atoms with Crippen molar-refractivity contribution in [1.82, 2.24) is 9.80 Å². The largest absolute Gasteiger partial charge is 0.329 e. The Morgan fingerprint density at radius 2 is 1.69 bits per heavy atom. The fourth-order valence-electron chi connectivity index (χ4n) is 1.94. The van der Waals surface area contributed by atoms with Crippen LogP contribution in [0.3, 0.4) is 0 Å². The van der Waals surface area contributed by atoms with Gasteiger partial charge in [0.1, 0.15) is 0 Å². The summed E-state index contributed by atoms with van der Waals surface area (Å²) < 4.78 is 0. The highest BCUT2D eigenvalue weighted by molar-refractivity contribution is 4.90. The Hall–Kier alpha value is -0.120. The molecule has 0 aromatic heterocycles. The normalized spacial score (nSPS) is 16.1. The van der Waals surface area contributed by atoms with Gasteiger partial charge in [-0.15, -0.1) is 0 Å². The zero-order valence-electron chi connectivity index (χ0n) is 12.1. The van der Waals surface area contributed by atoms with Crippen molar-refractivity contribution in [3.05, 3.63) is 0 Å². The summed E-state index contributed by atoms with van der Waals surface area (Å²) in [4.78, 5) is 4.79. The molecule has 0 rings (SSSR count). The van der Waals surface area contributed by atoms with Crippen LogP contribution in [0.1, 0.15) is 34.1 Å². The van der Waals surface area contributed by atoms with Crippen molar-refractivity contribution in [1.29, 1.82) is 0 Å². The number of hydrogen-bond acceptors (Lipinski definition) is 3. The van der Waals surface area contributed by atoms with Crippen LogP contribution in [-0.4, -0.2) is 55.6 Å². The maximum absolute atomic E-state index is 5.99. The highest BCUT2D eigenvalue weighted by Crippen LogP contribution is 2.23. The van der Waals surface area contributed by atoms with Crippen LogP contribution < -0.4 is 5.73 Å². The molecule has 3 heteroatoms. The summed E-state index contributed by atoms with van der Waals surface area (Å²) in [7, 11) is 4.25. The van der Waals surface area contributed by atoms with Crippen molar-refractivity contribution >= 4 is 0 Å². The zero-order valence-corrected chi connectivity index (χ0v) is 12.1. The molecule has 0 aromatic rings. The Morgan fingerprint density at radius 1 is 1.12 bits per heavy atom. The maximum Gasteiger partial charge on any atom is 0.0326 e. The maximum atomic E-state index is 5.99. The van der Waals surface area contributed by atoms with Crippen molar-refractivity contribution in [3.63, 3.8) is 0 Å². The van der Waals surface area contributed by atoms with Crippen LogP contribution in [0.2, 0.25) is 0 Å². The van der Waals surface area contributed by atoms with Crippen LogP contribution in [0.15, 0.2) is 0 Å². The van der Waals surface area contributed by atoms with Crippen LogP contribution >= 0.6 is 0 Å². The Bertz CT molecular complexity index is 180. The Kier molecular flexibility index (Phi) is 7.20. The third kappa shape index (κ3) is 4.40. The molecule has 0 radical (unpaired) electrons. The lowest BCUT2D eigenvalue weighted by atomic mass is 9.86. The Morgan fingerprint density at radius 3 is 2.00 bits per heavy atom. The van der Waals surface area contributed by atoms with Crippen molar-refractivity contribution in [2.75, 3.05) is 40.3 Å². The highest BCUT2D eigenvalue weighted by Gasteiger charge is 2.32. The van der Waals surface area contributed by atoms with Crippen molar-refractivity contribution in [3.8, 4) is 0 Å². The molecule has 0 aromatic carbocycles. The Labute approximate surface area is 102 Å². The fraction of sp³-hybridized carbons (Fsp3) is 1.00. The van der Waals surface area contributed by atoms with E-state index < -0.39 is 0 Å². The molecule has 1 atom stereocenters. The first-order valence-electron chi connectivity index (χ1n) is 6.48. The second-order valence-corrected chi connectivity index (χ2v) is 5.51. The SMILES string of the molecule is CCCN(CCN(C)C)C(C)(CN)C(C)C. The first-order chi connectivity index (χ1) is 7.38. The molecular formula is C13H31N3. The number of rotatable bonds is 8. The van der Waals surface area contributed by atoms with E-state index >= 15 is 0 Å². The predicted octanol–water partition coefficient (Wildman–Crippen LogP) is 1.63. The highest BCUT2D eigenvalue weighted by atomic mass is 15.2. The minimum Gasteiger partial charge on any atom is -0.329 e. The second-order valence-electron chi connectivity index (χ2n) is 5.51. The van der Waals surface area contributed by atoms with Gasteiger partial charge in [0.2, 0.25) is 0 Å². The number of nitrogens with two attached hydrogens (primary N) is 1. The standard InChI is InChI=1S/C13H31N3/c1-7-8-16(10-9-15(5)6)13(4,11-14)12(2)3/h12H,7-11,14H2,1-6H3. The number of likely N-dealkylation sites (N-methyl/N-ethyl adjacent to an activating group) is 1. The summed E-state index contributed by atoms with van der Waals surface area (Å²) in [6, 6.07) is 0. The monoisotopic (exact) mass is 229 g/mol. The van der Waals surface area contributed by atoms with Gasteiger partial charge in [0.15, 0.2) is 0 Å². The molecule has 1 unspecified atom stereocenters. The summed E-state index contributed by atoms with van der Waals surface area (Å²) in [5, 5.41) is 0. The summed E-state index contributed by atoms with van der Waals surface area (Å²) >= 11 is 0. The third-order valence-electron chi connectivity index (χ3n) is 3.69. The number of nitrogens with zero attached hydrogens (tertiary/aromatic N) is 2. The minimum atomic E-state index is 0.131. The lowest BCUT2D eigenvalue weighted by molar-refractivity contribution is 0.0608. The second kappa shape index (κ2) is 7.25. The molecule has 0 fully saturated rings. The van der Waals surface area contributed by atoms with Gasteiger partial charge in [-0.2, -0.15) is 0 Å². The molecule has 0 saturated carbocycles. The van der Waals surface area contributed by atoms with Gasteiger partial charge in [0.05, 0.1) is 0 Å². The molecule has 0 aliphatic carbocycles. The van der Waals surface area contributed by atoms with E-state index in [0.29, 0.717) is 5.92 Å². The van der Waals surface area contributed by atoms with E-state index in [0.717, 1.165) is 26.2 Å². The first kappa shape index (κ1) is 15.9. The van der Waals surface area contributed by atoms with Gasteiger partial charge >= 0.3 is 0 Å². The van der Waals surface area contributed by atoms with E-state index in [9.17, 15) is 0 Å².